The average Bonchev–Trinajstić information content (AvgIpc) is 2.51. The van der Waals surface area contributed by atoms with Gasteiger partial charge in [0, 0.05) is 4.47 Å². The molecular formula is C9H8BrN3. The Balaban J connectivity index is 2.70. The van der Waals surface area contributed by atoms with Crippen LogP contribution >= 0.6 is 15.9 Å². The third-order valence-electron chi connectivity index (χ3n) is 1.79. The molecule has 0 saturated heterocycles. The van der Waals surface area contributed by atoms with Crippen molar-refractivity contribution in [3.63, 3.8) is 0 Å². The van der Waals surface area contributed by atoms with Gasteiger partial charge in [0.15, 0.2) is 0 Å². The van der Waals surface area contributed by atoms with E-state index >= 15 is 0 Å². The van der Waals surface area contributed by atoms with Crippen LogP contribution in [0.15, 0.2) is 35.3 Å². The van der Waals surface area contributed by atoms with Crippen molar-refractivity contribution in [2.45, 2.75) is 6.54 Å². The molecule has 1 aromatic carbocycles. The van der Waals surface area contributed by atoms with Crippen molar-refractivity contribution in [1.29, 1.82) is 0 Å². The first kappa shape index (κ1) is 8.44. The van der Waals surface area contributed by atoms with Crippen molar-refractivity contribution in [1.82, 2.24) is 15.0 Å². The molecule has 0 aliphatic rings. The fraction of sp³-hybridized carbons (Fsp3) is 0.111. The molecule has 66 valence electrons. The molecule has 0 spiro atoms. The highest BCUT2D eigenvalue weighted by Crippen LogP contribution is 2.21. The van der Waals surface area contributed by atoms with Gasteiger partial charge in [-0.05, 0) is 28.1 Å². The molecule has 2 rings (SSSR count). The molecular weight excluding hydrogens is 230 g/mol. The van der Waals surface area contributed by atoms with E-state index in [9.17, 15) is 0 Å². The second-order valence-electron chi connectivity index (χ2n) is 2.67. The maximum Gasteiger partial charge on any atom is 0.114 e. The first-order chi connectivity index (χ1) is 6.33. The standard InChI is InChI=1S/C9H8BrN3/c1-2-6-13-9-7(10)4-3-5-8(9)11-12-13/h2-5H,1,6H2. The zero-order valence-electron chi connectivity index (χ0n) is 6.94. The first-order valence-electron chi connectivity index (χ1n) is 3.91. The molecule has 0 unspecified atom stereocenters. The number of rotatable bonds is 2. The Morgan fingerprint density at radius 2 is 2.38 bits per heavy atom. The molecule has 0 radical (unpaired) electrons. The summed E-state index contributed by atoms with van der Waals surface area (Å²) in [5.74, 6) is 0. The highest BCUT2D eigenvalue weighted by atomic mass is 79.9. The minimum atomic E-state index is 0.680. The normalized spacial score (nSPS) is 10.5. The molecule has 2 aromatic rings. The number of nitrogens with zero attached hydrogens (tertiary/aromatic N) is 3. The van der Waals surface area contributed by atoms with Crippen molar-refractivity contribution < 1.29 is 0 Å². The fourth-order valence-corrected chi connectivity index (χ4v) is 1.80. The molecule has 3 nitrogen and oxygen atoms in total. The summed E-state index contributed by atoms with van der Waals surface area (Å²) in [7, 11) is 0. The van der Waals surface area contributed by atoms with E-state index in [1.54, 1.807) is 6.08 Å². The van der Waals surface area contributed by atoms with Crippen molar-refractivity contribution in [3.8, 4) is 0 Å². The molecule has 0 atom stereocenters. The van der Waals surface area contributed by atoms with Crippen LogP contribution in [0.4, 0.5) is 0 Å². The molecule has 0 saturated carbocycles. The maximum absolute atomic E-state index is 4.03. The van der Waals surface area contributed by atoms with Crippen molar-refractivity contribution in [3.05, 3.63) is 35.3 Å². The minimum absolute atomic E-state index is 0.680. The van der Waals surface area contributed by atoms with E-state index in [2.05, 4.69) is 32.8 Å². The van der Waals surface area contributed by atoms with Gasteiger partial charge in [-0.2, -0.15) is 0 Å². The molecule has 0 aliphatic heterocycles. The SMILES string of the molecule is C=CCn1nnc2cccc(Br)c21. The summed E-state index contributed by atoms with van der Waals surface area (Å²) >= 11 is 3.46. The van der Waals surface area contributed by atoms with Crippen molar-refractivity contribution in [2.75, 3.05) is 0 Å². The number of para-hydroxylation sites is 1. The second kappa shape index (κ2) is 3.30. The van der Waals surface area contributed by atoms with Crippen LogP contribution in [0.1, 0.15) is 0 Å². The summed E-state index contributed by atoms with van der Waals surface area (Å²) in [6.45, 7) is 4.35. The monoisotopic (exact) mass is 237 g/mol. The van der Waals surface area contributed by atoms with E-state index in [0.29, 0.717) is 6.54 Å². The Kier molecular flexibility index (Phi) is 2.14. The Hall–Kier alpha value is -1.16. The van der Waals surface area contributed by atoms with E-state index in [4.69, 9.17) is 0 Å². The zero-order valence-corrected chi connectivity index (χ0v) is 8.53. The lowest BCUT2D eigenvalue weighted by Crippen LogP contribution is -1.97. The molecule has 0 bridgehead atoms. The van der Waals surface area contributed by atoms with E-state index < -0.39 is 0 Å². The number of allylic oxidation sites excluding steroid dienone is 1. The summed E-state index contributed by atoms with van der Waals surface area (Å²) in [5, 5.41) is 8.04. The van der Waals surface area contributed by atoms with Gasteiger partial charge >= 0.3 is 0 Å². The maximum atomic E-state index is 4.03. The average molecular weight is 238 g/mol. The Morgan fingerprint density at radius 3 is 3.15 bits per heavy atom. The Morgan fingerprint density at radius 1 is 1.54 bits per heavy atom. The van der Waals surface area contributed by atoms with Crippen LogP contribution in [-0.4, -0.2) is 15.0 Å². The first-order valence-corrected chi connectivity index (χ1v) is 4.71. The van der Waals surface area contributed by atoms with Crippen LogP contribution in [0.2, 0.25) is 0 Å². The lowest BCUT2D eigenvalue weighted by Gasteiger charge is -1.98. The lowest BCUT2D eigenvalue weighted by atomic mass is 10.3. The highest BCUT2D eigenvalue weighted by molar-refractivity contribution is 9.10. The predicted molar refractivity (Wildman–Crippen MR) is 55.4 cm³/mol. The summed E-state index contributed by atoms with van der Waals surface area (Å²) < 4.78 is 2.82. The van der Waals surface area contributed by atoms with Crippen LogP contribution in [0.3, 0.4) is 0 Å². The molecule has 0 fully saturated rings. The Labute approximate surface area is 84.2 Å². The molecule has 13 heavy (non-hydrogen) atoms. The van der Waals surface area contributed by atoms with Crippen LogP contribution in [0.25, 0.3) is 11.0 Å². The van der Waals surface area contributed by atoms with Gasteiger partial charge in [0.1, 0.15) is 11.0 Å². The number of hydrogen-bond acceptors (Lipinski definition) is 2. The molecule has 0 aliphatic carbocycles. The number of benzene rings is 1. The molecule has 1 aromatic heterocycles. The van der Waals surface area contributed by atoms with Gasteiger partial charge < -0.3 is 0 Å². The van der Waals surface area contributed by atoms with Gasteiger partial charge in [0.05, 0.1) is 6.54 Å². The molecule has 0 amide bonds. The van der Waals surface area contributed by atoms with Gasteiger partial charge in [-0.25, -0.2) is 4.68 Å². The number of hydrogen-bond donors (Lipinski definition) is 0. The summed E-state index contributed by atoms with van der Waals surface area (Å²) in [6, 6.07) is 5.86. The third kappa shape index (κ3) is 1.37. The van der Waals surface area contributed by atoms with E-state index in [-0.39, 0.29) is 0 Å². The molecule has 0 N–H and O–H groups in total. The second-order valence-corrected chi connectivity index (χ2v) is 3.52. The zero-order chi connectivity index (χ0) is 9.26. The van der Waals surface area contributed by atoms with Crippen LogP contribution in [0.5, 0.6) is 0 Å². The van der Waals surface area contributed by atoms with E-state index in [0.717, 1.165) is 15.5 Å². The topological polar surface area (TPSA) is 30.7 Å². The van der Waals surface area contributed by atoms with E-state index in [1.165, 1.54) is 0 Å². The van der Waals surface area contributed by atoms with Gasteiger partial charge in [0.2, 0.25) is 0 Å². The fourth-order valence-electron chi connectivity index (χ4n) is 1.24. The quantitative estimate of drug-likeness (QED) is 0.752. The van der Waals surface area contributed by atoms with Crippen molar-refractivity contribution >= 4 is 27.0 Å². The van der Waals surface area contributed by atoms with Crippen LogP contribution in [0, 0.1) is 0 Å². The highest BCUT2D eigenvalue weighted by Gasteiger charge is 2.05. The number of halogens is 1. The Bertz CT molecular complexity index is 447. The minimum Gasteiger partial charge on any atom is -0.240 e. The molecule has 1 heterocycles. The lowest BCUT2D eigenvalue weighted by molar-refractivity contribution is 0.682. The summed E-state index contributed by atoms with van der Waals surface area (Å²) in [6.07, 6.45) is 1.80. The number of aromatic nitrogens is 3. The summed E-state index contributed by atoms with van der Waals surface area (Å²) in [4.78, 5) is 0. The van der Waals surface area contributed by atoms with Gasteiger partial charge in [-0.3, -0.25) is 0 Å². The van der Waals surface area contributed by atoms with Crippen molar-refractivity contribution in [2.24, 2.45) is 0 Å². The van der Waals surface area contributed by atoms with Crippen LogP contribution in [-0.2, 0) is 6.54 Å². The predicted octanol–water partition coefficient (Wildman–Crippen LogP) is 2.38. The third-order valence-corrected chi connectivity index (χ3v) is 2.43. The van der Waals surface area contributed by atoms with Gasteiger partial charge in [0.25, 0.3) is 0 Å². The summed E-state index contributed by atoms with van der Waals surface area (Å²) in [5.41, 5.74) is 1.92. The number of fused-ring (bicyclic) bond motifs is 1. The largest absolute Gasteiger partial charge is 0.240 e. The van der Waals surface area contributed by atoms with Crippen LogP contribution < -0.4 is 0 Å². The molecule has 4 heteroatoms. The van der Waals surface area contributed by atoms with Gasteiger partial charge in [-0.15, -0.1) is 11.7 Å². The smallest absolute Gasteiger partial charge is 0.114 e. The van der Waals surface area contributed by atoms with E-state index in [1.807, 2.05) is 22.9 Å². The van der Waals surface area contributed by atoms with Gasteiger partial charge in [-0.1, -0.05) is 17.4 Å².